The molecule has 2 aromatic carbocycles. The number of anilines is 1. The Morgan fingerprint density at radius 1 is 1.13 bits per heavy atom. The number of rotatable bonds is 4. The van der Waals surface area contributed by atoms with Gasteiger partial charge in [-0.25, -0.2) is 13.1 Å². The topological polar surface area (TPSA) is 94.2 Å². The van der Waals surface area contributed by atoms with Gasteiger partial charge in [-0.05, 0) is 123 Å². The second-order valence-electron chi connectivity index (χ2n) is 17.7. The number of aryl methyl sites for hydroxylation is 1. The Morgan fingerprint density at radius 3 is 2.61 bits per heavy atom. The van der Waals surface area contributed by atoms with E-state index >= 15 is 0 Å². The summed E-state index contributed by atoms with van der Waals surface area (Å²) in [5.74, 6) is 7.17. The molecule has 0 unspecified atom stereocenters. The maximum Gasteiger partial charge on any atom is 0.264 e. The summed E-state index contributed by atoms with van der Waals surface area (Å²) in [6.07, 6.45) is 10.1. The molecule has 1 fully saturated rings. The monoisotopic (exact) mass is 794 g/mol. The lowest BCUT2D eigenvalue weighted by Gasteiger charge is -2.48. The molecule has 8 nitrogen and oxygen atoms in total. The first kappa shape index (κ1) is 40.8. The molecule has 11 heteroatoms. The van der Waals surface area contributed by atoms with E-state index in [2.05, 4.69) is 73.5 Å². The van der Waals surface area contributed by atoms with Gasteiger partial charge in [-0.2, -0.15) is 0 Å². The number of carbonyl (C=O) groups is 1. The normalized spacial score (nSPS) is 30.3. The molecular formula is C43H59ClN2O6SSi. The van der Waals surface area contributed by atoms with Gasteiger partial charge in [0.25, 0.3) is 5.91 Å². The fourth-order valence-corrected chi connectivity index (χ4v) is 11.0. The van der Waals surface area contributed by atoms with Crippen LogP contribution >= 0.6 is 11.6 Å². The van der Waals surface area contributed by atoms with Gasteiger partial charge in [0.2, 0.25) is 10.0 Å². The molecule has 4 aliphatic rings. The number of sulfonamides is 1. The molecular weight excluding hydrogens is 736 g/mol. The number of halogens is 1. The molecule has 6 atom stereocenters. The van der Waals surface area contributed by atoms with E-state index < -0.39 is 35.1 Å². The van der Waals surface area contributed by atoms with E-state index in [4.69, 9.17) is 25.5 Å². The third-order valence-electron chi connectivity index (χ3n) is 13.2. The Labute approximate surface area is 329 Å². The number of nitrogens with zero attached hydrogens (tertiary/aromatic N) is 1. The Hall–Kier alpha value is -2.81. The first-order valence-corrected chi connectivity index (χ1v) is 24.5. The number of hydrogen-bond donors (Lipinski definition) is 1. The smallest absolute Gasteiger partial charge is 0.264 e. The van der Waals surface area contributed by atoms with E-state index in [0.717, 1.165) is 42.8 Å². The first-order chi connectivity index (χ1) is 25.4. The molecule has 2 aliphatic carbocycles. The van der Waals surface area contributed by atoms with Gasteiger partial charge in [-0.3, -0.25) is 4.79 Å². The van der Waals surface area contributed by atoms with Crippen LogP contribution in [-0.4, -0.2) is 66.9 Å². The van der Waals surface area contributed by atoms with Crippen molar-refractivity contribution in [2.45, 2.75) is 114 Å². The third kappa shape index (κ3) is 8.18. The highest BCUT2D eigenvalue weighted by atomic mass is 35.5. The zero-order chi connectivity index (χ0) is 39.1. The SMILES string of the molecule is CO[C@@]1(C#CCCO[Si](C)(C)C(C)(C)C)/C=C/C[C@H](C)[C@@H](C)S(=O)(=O)NC(=O)c2ccc3c(c2)N(C[C@@H]2CC[C@H]21)C[C@@]1(CCCc2cc(Cl)ccc21)CO3. The van der Waals surface area contributed by atoms with Gasteiger partial charge in [0.1, 0.15) is 11.4 Å². The van der Waals surface area contributed by atoms with Gasteiger partial charge in [-0.1, -0.05) is 63.3 Å². The minimum absolute atomic E-state index is 0.101. The van der Waals surface area contributed by atoms with Crippen molar-refractivity contribution in [3.05, 3.63) is 70.3 Å². The van der Waals surface area contributed by atoms with Crippen LogP contribution in [0.15, 0.2) is 48.6 Å². The van der Waals surface area contributed by atoms with Crippen molar-refractivity contribution in [3.8, 4) is 17.6 Å². The molecule has 2 aromatic rings. The minimum Gasteiger partial charge on any atom is -0.490 e. The number of allylic oxidation sites excluding steroid dienone is 1. The molecule has 0 saturated heterocycles. The number of fused-ring (bicyclic) bond motifs is 4. The lowest BCUT2D eigenvalue weighted by Crippen LogP contribution is -2.52. The van der Waals surface area contributed by atoms with Crippen molar-refractivity contribution in [1.82, 2.24) is 4.72 Å². The highest BCUT2D eigenvalue weighted by molar-refractivity contribution is 7.90. The van der Waals surface area contributed by atoms with Crippen LogP contribution in [0.25, 0.3) is 0 Å². The van der Waals surface area contributed by atoms with Crippen LogP contribution in [0.1, 0.15) is 94.6 Å². The van der Waals surface area contributed by atoms with Gasteiger partial charge in [0.15, 0.2) is 8.32 Å². The average molecular weight is 796 g/mol. The summed E-state index contributed by atoms with van der Waals surface area (Å²) in [7, 11) is -4.15. The van der Waals surface area contributed by atoms with E-state index in [0.29, 0.717) is 44.9 Å². The van der Waals surface area contributed by atoms with Crippen LogP contribution in [0, 0.1) is 29.6 Å². The molecule has 1 spiro atoms. The summed E-state index contributed by atoms with van der Waals surface area (Å²) < 4.78 is 49.1. The molecule has 2 bridgehead atoms. The van der Waals surface area contributed by atoms with Crippen LogP contribution in [-0.2, 0) is 31.0 Å². The maximum absolute atomic E-state index is 13.6. The summed E-state index contributed by atoms with van der Waals surface area (Å²) in [6, 6.07) is 11.5. The number of amides is 1. The fraction of sp³-hybridized carbons (Fsp3) is 0.605. The number of hydrogen-bond acceptors (Lipinski definition) is 7. The van der Waals surface area contributed by atoms with Gasteiger partial charge < -0.3 is 18.8 Å². The van der Waals surface area contributed by atoms with Crippen molar-refractivity contribution in [2.75, 3.05) is 38.3 Å². The van der Waals surface area contributed by atoms with Crippen LogP contribution in [0.5, 0.6) is 5.75 Å². The van der Waals surface area contributed by atoms with E-state index in [9.17, 15) is 13.2 Å². The average Bonchev–Trinajstić information content (AvgIpc) is 3.24. The predicted octanol–water partition coefficient (Wildman–Crippen LogP) is 8.68. The summed E-state index contributed by atoms with van der Waals surface area (Å²) in [6.45, 7) is 17.2. The standard InChI is InChI=1S/C43H59ClN2O6SSi/c1-30-13-11-23-43(50-6,22-9-10-24-52-54(7,8)41(3,4)5)37-18-15-34(37)27-46-28-42(21-12-14-32-25-35(44)17-19-36(32)42)29-51-39-20-16-33(26-38(39)46)40(47)45-53(48,49)31(30)2/h11,16-17,19-20,23,25-26,30-31,34,37H,10,12-15,18,21,24,27-29H2,1-8H3,(H,45,47)/b23-11+/t30-,31+,34-,37+,42-,43-/m0/s1. The van der Waals surface area contributed by atoms with Crippen molar-refractivity contribution in [1.29, 1.82) is 0 Å². The molecule has 0 radical (unpaired) electrons. The number of benzene rings is 2. The Morgan fingerprint density at radius 2 is 1.91 bits per heavy atom. The molecule has 1 amide bonds. The molecule has 54 heavy (non-hydrogen) atoms. The van der Waals surface area contributed by atoms with Crippen molar-refractivity contribution < 1.29 is 27.1 Å². The second-order valence-corrected chi connectivity index (χ2v) is 25.0. The first-order valence-electron chi connectivity index (χ1n) is 19.6. The highest BCUT2D eigenvalue weighted by Gasteiger charge is 2.49. The number of methoxy groups -OCH3 is 1. The van der Waals surface area contributed by atoms with Gasteiger partial charge >= 0.3 is 0 Å². The van der Waals surface area contributed by atoms with Crippen molar-refractivity contribution in [3.63, 3.8) is 0 Å². The summed E-state index contributed by atoms with van der Waals surface area (Å²) >= 11 is 6.49. The summed E-state index contributed by atoms with van der Waals surface area (Å²) in [4.78, 5) is 16.0. The number of carbonyl (C=O) groups excluding carboxylic acids is 1. The van der Waals surface area contributed by atoms with Crippen LogP contribution < -0.4 is 14.4 Å². The highest BCUT2D eigenvalue weighted by Crippen LogP contribution is 2.49. The molecule has 2 heterocycles. The van der Waals surface area contributed by atoms with Gasteiger partial charge in [0.05, 0.1) is 17.5 Å². The second kappa shape index (κ2) is 15.6. The van der Waals surface area contributed by atoms with Crippen molar-refractivity contribution in [2.24, 2.45) is 17.8 Å². The summed E-state index contributed by atoms with van der Waals surface area (Å²) in [5, 5.41) is 0.0370. The third-order valence-corrected chi connectivity index (χ3v) is 19.9. The van der Waals surface area contributed by atoms with Gasteiger partial charge in [0, 0.05) is 55.1 Å². The van der Waals surface area contributed by atoms with E-state index in [-0.39, 0.29) is 33.8 Å². The Kier molecular flexibility index (Phi) is 11.8. The maximum atomic E-state index is 13.6. The summed E-state index contributed by atoms with van der Waals surface area (Å²) in [5.41, 5.74) is 2.44. The molecule has 6 rings (SSSR count). The molecule has 2 aliphatic heterocycles. The molecule has 0 aromatic heterocycles. The quantitative estimate of drug-likeness (QED) is 0.143. The fourth-order valence-electron chi connectivity index (χ4n) is 8.43. The number of nitrogens with one attached hydrogen (secondary N) is 1. The van der Waals surface area contributed by atoms with Crippen LogP contribution in [0.3, 0.4) is 0 Å². The number of ether oxygens (including phenoxy) is 2. The van der Waals surface area contributed by atoms with E-state index in [1.807, 2.05) is 31.2 Å². The van der Waals surface area contributed by atoms with Crippen LogP contribution in [0.2, 0.25) is 23.2 Å². The molecule has 1 N–H and O–H groups in total. The van der Waals surface area contributed by atoms with Crippen molar-refractivity contribution >= 4 is 41.5 Å². The Balaban J connectivity index is 1.40. The van der Waals surface area contributed by atoms with Gasteiger partial charge in [-0.15, -0.1) is 0 Å². The predicted molar refractivity (Wildman–Crippen MR) is 220 cm³/mol. The zero-order valence-electron chi connectivity index (χ0n) is 33.4. The minimum atomic E-state index is -3.98. The molecule has 294 valence electrons. The Bertz CT molecular complexity index is 1930. The zero-order valence-corrected chi connectivity index (χ0v) is 36.0. The lowest BCUT2D eigenvalue weighted by atomic mass is 9.64. The van der Waals surface area contributed by atoms with E-state index in [1.54, 1.807) is 20.1 Å². The lowest BCUT2D eigenvalue weighted by molar-refractivity contribution is -0.0351. The molecule has 1 saturated carbocycles. The van der Waals surface area contributed by atoms with Crippen LogP contribution in [0.4, 0.5) is 5.69 Å². The van der Waals surface area contributed by atoms with E-state index in [1.165, 1.54) is 11.1 Å². The largest absolute Gasteiger partial charge is 0.490 e.